The molecular weight excluding hydrogens is 256 g/mol. The Morgan fingerprint density at radius 1 is 1.20 bits per heavy atom. The highest BCUT2D eigenvalue weighted by molar-refractivity contribution is 5.75. The van der Waals surface area contributed by atoms with Gasteiger partial charge < -0.3 is 15.3 Å². The van der Waals surface area contributed by atoms with Crippen molar-refractivity contribution < 1.29 is 14.7 Å². The smallest absolute Gasteiger partial charge is 0.317 e. The summed E-state index contributed by atoms with van der Waals surface area (Å²) in [4.78, 5) is 25.3. The van der Waals surface area contributed by atoms with E-state index in [-0.39, 0.29) is 29.3 Å². The highest BCUT2D eigenvalue weighted by Crippen LogP contribution is 2.45. The van der Waals surface area contributed by atoms with Crippen molar-refractivity contribution in [2.24, 2.45) is 17.3 Å². The van der Waals surface area contributed by atoms with Crippen LogP contribution in [0, 0.1) is 17.3 Å². The van der Waals surface area contributed by atoms with Gasteiger partial charge in [0.15, 0.2) is 0 Å². The number of rotatable bonds is 3. The minimum atomic E-state index is -0.721. The molecule has 3 unspecified atom stereocenters. The molecule has 20 heavy (non-hydrogen) atoms. The third-order valence-electron chi connectivity index (χ3n) is 5.46. The number of nitrogens with zero attached hydrogens (tertiary/aromatic N) is 1. The Kier molecular flexibility index (Phi) is 3.98. The molecule has 0 aromatic carbocycles. The maximum atomic E-state index is 12.2. The first kappa shape index (κ1) is 15.1. The van der Waals surface area contributed by atoms with E-state index >= 15 is 0 Å². The highest BCUT2D eigenvalue weighted by Gasteiger charge is 2.47. The molecule has 0 spiro atoms. The van der Waals surface area contributed by atoms with E-state index in [0.29, 0.717) is 12.5 Å². The first-order valence-electron chi connectivity index (χ1n) is 7.51. The van der Waals surface area contributed by atoms with Crippen LogP contribution in [0.4, 0.5) is 4.79 Å². The van der Waals surface area contributed by atoms with E-state index in [1.54, 1.807) is 4.90 Å². The van der Waals surface area contributed by atoms with E-state index in [4.69, 9.17) is 0 Å². The molecule has 0 radical (unpaired) electrons. The number of nitrogens with one attached hydrogen (secondary N) is 1. The summed E-state index contributed by atoms with van der Waals surface area (Å²) in [6, 6.07) is 0.442. The first-order valence-corrected chi connectivity index (χ1v) is 7.51. The maximum absolute atomic E-state index is 12.2. The molecule has 0 saturated heterocycles. The van der Waals surface area contributed by atoms with Gasteiger partial charge in [0.05, 0.1) is 5.92 Å². The van der Waals surface area contributed by atoms with E-state index in [1.807, 2.05) is 20.9 Å². The lowest BCUT2D eigenvalue weighted by Crippen LogP contribution is -2.54. The highest BCUT2D eigenvalue weighted by atomic mass is 16.4. The molecule has 5 heteroatoms. The second-order valence-corrected chi connectivity index (χ2v) is 6.98. The van der Waals surface area contributed by atoms with Gasteiger partial charge in [-0.25, -0.2) is 4.79 Å². The van der Waals surface area contributed by atoms with Crippen LogP contribution in [0.5, 0.6) is 0 Å². The summed E-state index contributed by atoms with van der Waals surface area (Å²) in [6.07, 6.45) is 3.56. The van der Waals surface area contributed by atoms with Crippen LogP contribution in [0.3, 0.4) is 0 Å². The molecule has 2 N–H and O–H groups in total. The Morgan fingerprint density at radius 2 is 1.80 bits per heavy atom. The molecule has 0 aromatic heterocycles. The van der Waals surface area contributed by atoms with Crippen LogP contribution in [0.1, 0.15) is 46.5 Å². The molecule has 2 aliphatic carbocycles. The lowest BCUT2D eigenvalue weighted by molar-refractivity contribution is -0.150. The number of hydrogen-bond acceptors (Lipinski definition) is 2. The summed E-state index contributed by atoms with van der Waals surface area (Å²) < 4.78 is 0. The van der Waals surface area contributed by atoms with E-state index in [2.05, 4.69) is 12.2 Å². The number of carboxylic acids is 1. The first-order chi connectivity index (χ1) is 9.25. The van der Waals surface area contributed by atoms with Gasteiger partial charge in [0, 0.05) is 19.1 Å². The van der Waals surface area contributed by atoms with Crippen LogP contribution in [-0.4, -0.2) is 41.1 Å². The van der Waals surface area contributed by atoms with Crippen LogP contribution < -0.4 is 5.32 Å². The molecule has 2 amide bonds. The minimum Gasteiger partial charge on any atom is -0.481 e. The molecule has 3 atom stereocenters. The summed E-state index contributed by atoms with van der Waals surface area (Å²) in [5.74, 6) is -0.901. The maximum Gasteiger partial charge on any atom is 0.317 e. The minimum absolute atomic E-state index is 0.0195. The van der Waals surface area contributed by atoms with Crippen molar-refractivity contribution >= 4 is 12.0 Å². The number of urea groups is 1. The third kappa shape index (κ3) is 2.76. The zero-order chi connectivity index (χ0) is 15.1. The number of aliphatic carboxylic acids is 1. The van der Waals surface area contributed by atoms with Gasteiger partial charge in [-0.05, 0) is 37.0 Å². The van der Waals surface area contributed by atoms with Crippen molar-refractivity contribution in [1.29, 1.82) is 0 Å². The van der Waals surface area contributed by atoms with Crippen molar-refractivity contribution in [2.75, 3.05) is 7.05 Å². The molecule has 2 rings (SSSR count). The Balaban J connectivity index is 2.00. The summed E-state index contributed by atoms with van der Waals surface area (Å²) in [5, 5.41) is 12.4. The van der Waals surface area contributed by atoms with Crippen LogP contribution >= 0.6 is 0 Å². The van der Waals surface area contributed by atoms with E-state index in [1.165, 1.54) is 0 Å². The topological polar surface area (TPSA) is 69.6 Å². The quantitative estimate of drug-likeness (QED) is 0.834. The number of carbonyl (C=O) groups is 2. The number of hydrogen-bond donors (Lipinski definition) is 2. The van der Waals surface area contributed by atoms with Crippen molar-refractivity contribution in [3.8, 4) is 0 Å². The number of carboxylic acid groups (broad SMARTS) is 1. The molecule has 0 heterocycles. The van der Waals surface area contributed by atoms with Crippen molar-refractivity contribution in [2.45, 2.75) is 58.5 Å². The molecule has 0 aliphatic heterocycles. The Labute approximate surface area is 120 Å². The predicted molar refractivity (Wildman–Crippen MR) is 76.4 cm³/mol. The monoisotopic (exact) mass is 282 g/mol. The molecule has 114 valence electrons. The molecular formula is C15H26N2O3. The van der Waals surface area contributed by atoms with Crippen molar-refractivity contribution in [3.05, 3.63) is 0 Å². The fourth-order valence-corrected chi connectivity index (χ4v) is 3.33. The van der Waals surface area contributed by atoms with Gasteiger partial charge in [0.25, 0.3) is 0 Å². The summed E-state index contributed by atoms with van der Waals surface area (Å²) in [6.45, 7) is 6.05. The SMILES string of the molecule is CC1C(NC(=O)N(C)C2CC2)CCC(C(=O)O)C1(C)C. The average Bonchev–Trinajstić information content (AvgIpc) is 3.17. The van der Waals surface area contributed by atoms with Crippen LogP contribution in [-0.2, 0) is 4.79 Å². The third-order valence-corrected chi connectivity index (χ3v) is 5.46. The summed E-state index contributed by atoms with van der Waals surface area (Å²) in [7, 11) is 1.84. The summed E-state index contributed by atoms with van der Waals surface area (Å²) in [5.41, 5.74) is -0.305. The molecule has 2 saturated carbocycles. The molecule has 2 aliphatic rings. The Bertz CT molecular complexity index is 404. The van der Waals surface area contributed by atoms with Crippen molar-refractivity contribution in [1.82, 2.24) is 10.2 Å². The van der Waals surface area contributed by atoms with Gasteiger partial charge in [-0.15, -0.1) is 0 Å². The van der Waals surface area contributed by atoms with Gasteiger partial charge >= 0.3 is 12.0 Å². The zero-order valence-electron chi connectivity index (χ0n) is 12.8. The van der Waals surface area contributed by atoms with Crippen LogP contribution in [0.25, 0.3) is 0 Å². The molecule has 2 fully saturated rings. The van der Waals surface area contributed by atoms with Gasteiger partial charge in [-0.2, -0.15) is 0 Å². The van der Waals surface area contributed by atoms with E-state index < -0.39 is 5.97 Å². The van der Waals surface area contributed by atoms with Gasteiger partial charge in [-0.3, -0.25) is 4.79 Å². The van der Waals surface area contributed by atoms with E-state index in [9.17, 15) is 14.7 Å². The lowest BCUT2D eigenvalue weighted by atomic mass is 9.61. The normalized spacial score (nSPS) is 32.5. The predicted octanol–water partition coefficient (Wildman–Crippen LogP) is 2.32. The Hall–Kier alpha value is -1.26. The molecule has 5 nitrogen and oxygen atoms in total. The number of amides is 2. The van der Waals surface area contributed by atoms with Gasteiger partial charge in [0.2, 0.25) is 0 Å². The lowest BCUT2D eigenvalue weighted by Gasteiger charge is -2.46. The fraction of sp³-hybridized carbons (Fsp3) is 0.867. The largest absolute Gasteiger partial charge is 0.481 e. The molecule has 0 bridgehead atoms. The van der Waals surface area contributed by atoms with E-state index in [0.717, 1.165) is 19.3 Å². The second kappa shape index (κ2) is 5.26. The second-order valence-electron chi connectivity index (χ2n) is 6.98. The van der Waals surface area contributed by atoms with Crippen LogP contribution in [0.15, 0.2) is 0 Å². The zero-order valence-corrected chi connectivity index (χ0v) is 12.8. The van der Waals surface area contributed by atoms with Gasteiger partial charge in [0.1, 0.15) is 0 Å². The summed E-state index contributed by atoms with van der Waals surface area (Å²) >= 11 is 0. The van der Waals surface area contributed by atoms with Gasteiger partial charge in [-0.1, -0.05) is 20.8 Å². The van der Waals surface area contributed by atoms with Crippen molar-refractivity contribution in [3.63, 3.8) is 0 Å². The number of carbonyl (C=O) groups excluding carboxylic acids is 1. The molecule has 0 aromatic rings. The fourth-order valence-electron chi connectivity index (χ4n) is 3.33. The Morgan fingerprint density at radius 3 is 2.30 bits per heavy atom. The standard InChI is InChI=1S/C15H26N2O3/c1-9-12(16-14(20)17(4)10-5-6-10)8-7-11(13(18)19)15(9,2)3/h9-12H,5-8H2,1-4H3,(H,16,20)(H,18,19). The van der Waals surface area contributed by atoms with Crippen LogP contribution in [0.2, 0.25) is 0 Å². The average molecular weight is 282 g/mol.